The van der Waals surface area contributed by atoms with E-state index in [1.54, 1.807) is 0 Å². The number of rotatable bonds is 2. The van der Waals surface area contributed by atoms with Crippen molar-refractivity contribution in [2.45, 2.75) is 32.4 Å². The molecule has 1 saturated heterocycles. The summed E-state index contributed by atoms with van der Waals surface area (Å²) in [6.07, 6.45) is 1.99. The van der Waals surface area contributed by atoms with E-state index in [0.717, 1.165) is 44.6 Å². The molecule has 1 aromatic carbocycles. The number of amides is 1. The molecule has 0 spiro atoms. The lowest BCUT2D eigenvalue weighted by atomic mass is 9.92. The van der Waals surface area contributed by atoms with Gasteiger partial charge in [-0.25, -0.2) is 0 Å². The first-order valence-electron chi connectivity index (χ1n) is 7.96. The fourth-order valence-corrected chi connectivity index (χ4v) is 3.56. The average Bonchev–Trinajstić information content (AvgIpc) is 2.49. The molecule has 0 saturated carbocycles. The van der Waals surface area contributed by atoms with Crippen molar-refractivity contribution in [2.75, 3.05) is 26.7 Å². The highest BCUT2D eigenvalue weighted by Gasteiger charge is 2.27. The van der Waals surface area contributed by atoms with Crippen LogP contribution in [0.2, 0.25) is 0 Å². The zero-order valence-electron chi connectivity index (χ0n) is 13.0. The van der Waals surface area contributed by atoms with E-state index in [1.165, 1.54) is 11.1 Å². The van der Waals surface area contributed by atoms with Crippen LogP contribution in [0, 0.1) is 5.92 Å². The van der Waals surface area contributed by atoms with Crippen LogP contribution in [0.3, 0.4) is 0 Å². The summed E-state index contributed by atoms with van der Waals surface area (Å²) < 4.78 is 0. The van der Waals surface area contributed by atoms with E-state index in [-0.39, 0.29) is 5.91 Å². The van der Waals surface area contributed by atoms with Crippen molar-refractivity contribution in [3.63, 3.8) is 0 Å². The Morgan fingerprint density at radius 2 is 2.29 bits per heavy atom. The SMILES string of the molecule is CC1CN(C)CCC1NC(=O)c1cccc2c1CCNC2. The summed E-state index contributed by atoms with van der Waals surface area (Å²) in [5.41, 5.74) is 3.37. The van der Waals surface area contributed by atoms with Crippen LogP contribution in [0.25, 0.3) is 0 Å². The van der Waals surface area contributed by atoms with Crippen molar-refractivity contribution in [1.29, 1.82) is 0 Å². The smallest absolute Gasteiger partial charge is 0.251 e. The molecule has 3 rings (SSSR count). The van der Waals surface area contributed by atoms with E-state index >= 15 is 0 Å². The molecule has 21 heavy (non-hydrogen) atoms. The van der Waals surface area contributed by atoms with Crippen LogP contribution in [0.4, 0.5) is 0 Å². The molecule has 2 aliphatic rings. The molecule has 2 heterocycles. The Morgan fingerprint density at radius 1 is 1.43 bits per heavy atom. The maximum atomic E-state index is 12.7. The zero-order valence-corrected chi connectivity index (χ0v) is 13.0. The molecule has 0 radical (unpaired) electrons. The number of fused-ring (bicyclic) bond motifs is 1. The number of likely N-dealkylation sites (tertiary alicyclic amines) is 1. The summed E-state index contributed by atoms with van der Waals surface area (Å²) >= 11 is 0. The largest absolute Gasteiger partial charge is 0.349 e. The fraction of sp³-hybridized carbons (Fsp3) is 0.588. The van der Waals surface area contributed by atoms with Gasteiger partial charge in [-0.05, 0) is 56.1 Å². The predicted molar refractivity (Wildman–Crippen MR) is 84.4 cm³/mol. The molecule has 4 heteroatoms. The number of nitrogens with one attached hydrogen (secondary N) is 2. The van der Waals surface area contributed by atoms with Crippen LogP contribution in [-0.4, -0.2) is 43.5 Å². The number of benzene rings is 1. The Morgan fingerprint density at radius 3 is 3.10 bits per heavy atom. The van der Waals surface area contributed by atoms with Crippen molar-refractivity contribution < 1.29 is 4.79 Å². The molecule has 1 aromatic rings. The minimum Gasteiger partial charge on any atom is -0.349 e. The first-order chi connectivity index (χ1) is 10.1. The standard InChI is InChI=1S/C17H25N3O/c1-12-11-20(2)9-7-16(12)19-17(21)15-5-3-4-13-10-18-8-6-14(13)15/h3-5,12,16,18H,6-11H2,1-2H3,(H,19,21). The third kappa shape index (κ3) is 3.11. The van der Waals surface area contributed by atoms with E-state index in [9.17, 15) is 4.79 Å². The quantitative estimate of drug-likeness (QED) is 0.864. The van der Waals surface area contributed by atoms with Gasteiger partial charge in [0.1, 0.15) is 0 Å². The van der Waals surface area contributed by atoms with Gasteiger partial charge in [-0.2, -0.15) is 0 Å². The lowest BCUT2D eigenvalue weighted by Crippen LogP contribution is -2.49. The van der Waals surface area contributed by atoms with Crippen molar-refractivity contribution in [2.24, 2.45) is 5.92 Å². The molecule has 2 atom stereocenters. The van der Waals surface area contributed by atoms with Crippen molar-refractivity contribution >= 4 is 5.91 Å². The number of hydrogen-bond donors (Lipinski definition) is 2. The fourth-order valence-electron chi connectivity index (χ4n) is 3.56. The van der Waals surface area contributed by atoms with Gasteiger partial charge in [0, 0.05) is 24.7 Å². The molecule has 1 amide bonds. The Bertz CT molecular complexity index is 529. The zero-order chi connectivity index (χ0) is 14.8. The maximum absolute atomic E-state index is 12.7. The summed E-state index contributed by atoms with van der Waals surface area (Å²) in [6, 6.07) is 6.39. The topological polar surface area (TPSA) is 44.4 Å². The monoisotopic (exact) mass is 287 g/mol. The van der Waals surface area contributed by atoms with Crippen LogP contribution >= 0.6 is 0 Å². The third-order valence-corrected chi connectivity index (χ3v) is 4.81. The van der Waals surface area contributed by atoms with Gasteiger partial charge >= 0.3 is 0 Å². The third-order valence-electron chi connectivity index (χ3n) is 4.81. The van der Waals surface area contributed by atoms with Crippen LogP contribution in [-0.2, 0) is 13.0 Å². The minimum absolute atomic E-state index is 0.107. The second kappa shape index (κ2) is 6.16. The van der Waals surface area contributed by atoms with E-state index in [2.05, 4.69) is 35.6 Å². The van der Waals surface area contributed by atoms with E-state index in [4.69, 9.17) is 0 Å². The van der Waals surface area contributed by atoms with Crippen molar-refractivity contribution in [1.82, 2.24) is 15.5 Å². The Labute approximate surface area is 126 Å². The predicted octanol–water partition coefficient (Wildman–Crippen LogP) is 1.40. The first-order valence-corrected chi connectivity index (χ1v) is 7.96. The molecule has 0 aromatic heterocycles. The molecule has 4 nitrogen and oxygen atoms in total. The van der Waals surface area contributed by atoms with Gasteiger partial charge in [-0.1, -0.05) is 19.1 Å². The highest BCUT2D eigenvalue weighted by atomic mass is 16.1. The van der Waals surface area contributed by atoms with Gasteiger partial charge in [0.15, 0.2) is 0 Å². The van der Waals surface area contributed by atoms with Gasteiger partial charge in [0.05, 0.1) is 0 Å². The van der Waals surface area contributed by atoms with E-state index in [0.29, 0.717) is 12.0 Å². The molecule has 0 bridgehead atoms. The summed E-state index contributed by atoms with van der Waals surface area (Å²) in [5, 5.41) is 6.63. The minimum atomic E-state index is 0.107. The Kier molecular flexibility index (Phi) is 4.27. The van der Waals surface area contributed by atoms with Gasteiger partial charge in [0.2, 0.25) is 0 Å². The highest BCUT2D eigenvalue weighted by Crippen LogP contribution is 2.20. The number of hydrogen-bond acceptors (Lipinski definition) is 3. The van der Waals surface area contributed by atoms with Gasteiger partial charge < -0.3 is 15.5 Å². The van der Waals surface area contributed by atoms with E-state index in [1.807, 2.05) is 12.1 Å². The maximum Gasteiger partial charge on any atom is 0.251 e. The normalized spacial score (nSPS) is 26.2. The summed E-state index contributed by atoms with van der Waals surface area (Å²) in [6.45, 7) is 6.18. The van der Waals surface area contributed by atoms with Crippen molar-refractivity contribution in [3.8, 4) is 0 Å². The molecule has 2 aliphatic heterocycles. The molecular weight excluding hydrogens is 262 g/mol. The highest BCUT2D eigenvalue weighted by molar-refractivity contribution is 5.96. The number of carbonyl (C=O) groups is 1. The van der Waals surface area contributed by atoms with Crippen LogP contribution in [0.1, 0.15) is 34.8 Å². The van der Waals surface area contributed by atoms with E-state index < -0.39 is 0 Å². The molecular formula is C17H25N3O. The average molecular weight is 287 g/mol. The van der Waals surface area contributed by atoms with Gasteiger partial charge in [-0.15, -0.1) is 0 Å². The summed E-state index contributed by atoms with van der Waals surface area (Å²) in [5.74, 6) is 0.615. The first kappa shape index (κ1) is 14.5. The Hall–Kier alpha value is -1.39. The molecule has 114 valence electrons. The van der Waals surface area contributed by atoms with Gasteiger partial charge in [-0.3, -0.25) is 4.79 Å². The number of piperidine rings is 1. The lowest BCUT2D eigenvalue weighted by molar-refractivity contribution is 0.0882. The van der Waals surface area contributed by atoms with Crippen LogP contribution in [0.15, 0.2) is 18.2 Å². The molecule has 1 fully saturated rings. The molecule has 0 aliphatic carbocycles. The van der Waals surface area contributed by atoms with Crippen LogP contribution in [0.5, 0.6) is 0 Å². The number of nitrogens with zero attached hydrogens (tertiary/aromatic N) is 1. The number of carbonyl (C=O) groups excluding carboxylic acids is 1. The molecule has 2 unspecified atom stereocenters. The lowest BCUT2D eigenvalue weighted by Gasteiger charge is -2.35. The summed E-state index contributed by atoms with van der Waals surface area (Å²) in [4.78, 5) is 15.0. The van der Waals surface area contributed by atoms with Crippen LogP contribution < -0.4 is 10.6 Å². The summed E-state index contributed by atoms with van der Waals surface area (Å²) in [7, 11) is 2.15. The van der Waals surface area contributed by atoms with Crippen molar-refractivity contribution in [3.05, 3.63) is 34.9 Å². The van der Waals surface area contributed by atoms with Gasteiger partial charge in [0.25, 0.3) is 5.91 Å². The second-order valence-electron chi connectivity index (χ2n) is 6.48. The molecule has 2 N–H and O–H groups in total. The Balaban J connectivity index is 1.74. The second-order valence-corrected chi connectivity index (χ2v) is 6.48.